The van der Waals surface area contributed by atoms with Crippen molar-refractivity contribution in [3.8, 4) is 0 Å². The van der Waals surface area contributed by atoms with Gasteiger partial charge in [-0.2, -0.15) is 0 Å². The fourth-order valence-electron chi connectivity index (χ4n) is 0.862. The standard InChI is InChI=1S/C6H9NO.CH3Cl/c1-2-7-5-3-4-6(7)8;1-2/h2H,1,3-5H2;1H3. The van der Waals surface area contributed by atoms with E-state index in [1.54, 1.807) is 11.1 Å². The maximum Gasteiger partial charge on any atom is 0.226 e. The highest BCUT2D eigenvalue weighted by molar-refractivity contribution is 6.15. The van der Waals surface area contributed by atoms with E-state index in [4.69, 9.17) is 0 Å². The second kappa shape index (κ2) is 5.30. The number of hydrogen-bond donors (Lipinski definition) is 0. The lowest BCUT2D eigenvalue weighted by Gasteiger charge is -2.05. The van der Waals surface area contributed by atoms with Gasteiger partial charge in [-0.1, -0.05) is 6.58 Å². The molecule has 2 nitrogen and oxygen atoms in total. The number of rotatable bonds is 1. The normalized spacial score (nSPS) is 16.2. The first-order valence-electron chi connectivity index (χ1n) is 3.14. The third kappa shape index (κ3) is 2.40. The SMILES string of the molecule is C=CN1CCCC1=O.CCl. The minimum Gasteiger partial charge on any atom is -0.320 e. The summed E-state index contributed by atoms with van der Waals surface area (Å²) in [5.74, 6) is 0.208. The lowest BCUT2D eigenvalue weighted by Crippen LogP contribution is -2.16. The molecule has 0 unspecified atom stereocenters. The summed E-state index contributed by atoms with van der Waals surface area (Å²) in [6.07, 6.45) is 4.76. The van der Waals surface area contributed by atoms with E-state index in [0.717, 1.165) is 13.0 Å². The summed E-state index contributed by atoms with van der Waals surface area (Å²) in [6, 6.07) is 0. The molecule has 0 bridgehead atoms. The molecule has 0 aromatic carbocycles. The van der Waals surface area contributed by atoms with E-state index in [1.807, 2.05) is 0 Å². The van der Waals surface area contributed by atoms with E-state index in [9.17, 15) is 4.79 Å². The Hall–Kier alpha value is -0.500. The first kappa shape index (κ1) is 9.50. The third-order valence-electron chi connectivity index (χ3n) is 1.33. The predicted molar refractivity (Wildman–Crippen MR) is 42.9 cm³/mol. The summed E-state index contributed by atoms with van der Waals surface area (Å²) >= 11 is 4.64. The molecule has 0 aromatic rings. The van der Waals surface area contributed by atoms with Gasteiger partial charge in [-0.25, -0.2) is 0 Å². The molecule has 1 fully saturated rings. The molecule has 0 aromatic heterocycles. The minimum atomic E-state index is 0.208. The summed E-state index contributed by atoms with van der Waals surface area (Å²) in [4.78, 5) is 12.3. The lowest BCUT2D eigenvalue weighted by atomic mass is 10.4. The van der Waals surface area contributed by atoms with Gasteiger partial charge in [0, 0.05) is 19.3 Å². The first-order valence-corrected chi connectivity index (χ1v) is 3.90. The predicted octanol–water partition coefficient (Wildman–Crippen LogP) is 1.61. The highest BCUT2D eigenvalue weighted by atomic mass is 35.5. The van der Waals surface area contributed by atoms with E-state index < -0.39 is 0 Å². The van der Waals surface area contributed by atoms with Crippen LogP contribution < -0.4 is 0 Å². The Morgan fingerprint density at radius 2 is 2.30 bits per heavy atom. The Kier molecular flexibility index (Phi) is 5.03. The maximum atomic E-state index is 10.7. The molecule has 1 heterocycles. The Morgan fingerprint density at radius 3 is 2.50 bits per heavy atom. The van der Waals surface area contributed by atoms with Crippen LogP contribution in [0.3, 0.4) is 0 Å². The Balaban J connectivity index is 0.000000371. The molecule has 1 aliphatic heterocycles. The van der Waals surface area contributed by atoms with Crippen molar-refractivity contribution in [2.24, 2.45) is 0 Å². The highest BCUT2D eigenvalue weighted by Gasteiger charge is 2.15. The molecule has 10 heavy (non-hydrogen) atoms. The fraction of sp³-hybridized carbons (Fsp3) is 0.571. The van der Waals surface area contributed by atoms with E-state index in [-0.39, 0.29) is 5.91 Å². The fourth-order valence-corrected chi connectivity index (χ4v) is 0.862. The minimum absolute atomic E-state index is 0.208. The average molecular weight is 162 g/mol. The van der Waals surface area contributed by atoms with Crippen molar-refractivity contribution in [3.05, 3.63) is 12.8 Å². The van der Waals surface area contributed by atoms with Crippen molar-refractivity contribution in [2.45, 2.75) is 12.8 Å². The number of amides is 1. The van der Waals surface area contributed by atoms with Gasteiger partial charge in [0.25, 0.3) is 0 Å². The summed E-state index contributed by atoms with van der Waals surface area (Å²) in [7, 11) is 0. The van der Waals surface area contributed by atoms with Crippen molar-refractivity contribution in [3.63, 3.8) is 0 Å². The molecule has 0 saturated carbocycles. The molecule has 0 radical (unpaired) electrons. The second-order valence-corrected chi connectivity index (χ2v) is 1.87. The van der Waals surface area contributed by atoms with E-state index in [0.29, 0.717) is 6.42 Å². The number of alkyl halides is 1. The zero-order valence-electron chi connectivity index (χ0n) is 6.14. The van der Waals surface area contributed by atoms with Gasteiger partial charge >= 0.3 is 0 Å². The van der Waals surface area contributed by atoms with Crippen LogP contribution in [0.4, 0.5) is 0 Å². The lowest BCUT2D eigenvalue weighted by molar-refractivity contribution is -0.125. The molecule has 0 spiro atoms. The molecule has 1 saturated heterocycles. The highest BCUT2D eigenvalue weighted by Crippen LogP contribution is 2.08. The molecule has 0 atom stereocenters. The van der Waals surface area contributed by atoms with E-state index >= 15 is 0 Å². The van der Waals surface area contributed by atoms with Crippen LogP contribution in [0.2, 0.25) is 0 Å². The third-order valence-corrected chi connectivity index (χ3v) is 1.33. The second-order valence-electron chi connectivity index (χ2n) is 1.87. The largest absolute Gasteiger partial charge is 0.320 e. The van der Waals surface area contributed by atoms with Crippen LogP contribution in [0.15, 0.2) is 12.8 Å². The maximum absolute atomic E-state index is 10.7. The molecule has 0 aliphatic carbocycles. The van der Waals surface area contributed by atoms with Crippen molar-refractivity contribution >= 4 is 17.5 Å². The number of hydrogen-bond acceptors (Lipinski definition) is 1. The van der Waals surface area contributed by atoms with Crippen LogP contribution in [-0.4, -0.2) is 23.7 Å². The van der Waals surface area contributed by atoms with Gasteiger partial charge in [-0.15, -0.1) is 11.6 Å². The van der Waals surface area contributed by atoms with Crippen molar-refractivity contribution in [2.75, 3.05) is 12.9 Å². The Labute approximate surface area is 66.5 Å². The van der Waals surface area contributed by atoms with Crippen LogP contribution in [0, 0.1) is 0 Å². The van der Waals surface area contributed by atoms with Gasteiger partial charge < -0.3 is 4.90 Å². The molecule has 1 amide bonds. The van der Waals surface area contributed by atoms with Crippen LogP contribution in [0.5, 0.6) is 0 Å². The molecular formula is C7H12ClNO. The van der Waals surface area contributed by atoms with E-state index in [1.165, 1.54) is 6.38 Å². The van der Waals surface area contributed by atoms with Gasteiger partial charge in [0.2, 0.25) is 5.91 Å². The Bertz CT molecular complexity index is 125. The van der Waals surface area contributed by atoms with Gasteiger partial charge in [-0.05, 0) is 12.6 Å². The zero-order chi connectivity index (χ0) is 7.98. The molecule has 1 aliphatic rings. The molecular weight excluding hydrogens is 150 g/mol. The van der Waals surface area contributed by atoms with Crippen molar-refractivity contribution in [1.82, 2.24) is 4.90 Å². The van der Waals surface area contributed by atoms with Crippen molar-refractivity contribution in [1.29, 1.82) is 0 Å². The quantitative estimate of drug-likeness (QED) is 0.535. The molecule has 3 heteroatoms. The molecule has 58 valence electrons. The summed E-state index contributed by atoms with van der Waals surface area (Å²) in [6.45, 7) is 4.36. The number of halogens is 1. The number of nitrogens with zero attached hydrogens (tertiary/aromatic N) is 1. The van der Waals surface area contributed by atoms with E-state index in [2.05, 4.69) is 18.2 Å². The van der Waals surface area contributed by atoms with Gasteiger partial charge in [0.15, 0.2) is 0 Å². The van der Waals surface area contributed by atoms with Crippen LogP contribution in [0.25, 0.3) is 0 Å². The van der Waals surface area contributed by atoms with Crippen LogP contribution in [0.1, 0.15) is 12.8 Å². The monoisotopic (exact) mass is 161 g/mol. The topological polar surface area (TPSA) is 20.3 Å². The van der Waals surface area contributed by atoms with Crippen LogP contribution >= 0.6 is 11.6 Å². The Morgan fingerprint density at radius 1 is 1.70 bits per heavy atom. The number of carbonyl (C=O) groups excluding carboxylic acids is 1. The average Bonchev–Trinajstić information content (AvgIpc) is 2.39. The number of carbonyl (C=O) groups is 1. The summed E-state index contributed by atoms with van der Waals surface area (Å²) < 4.78 is 0. The number of likely N-dealkylation sites (tertiary alicyclic amines) is 1. The summed E-state index contributed by atoms with van der Waals surface area (Å²) in [5, 5.41) is 0. The molecule has 0 N–H and O–H groups in total. The van der Waals surface area contributed by atoms with Crippen molar-refractivity contribution < 1.29 is 4.79 Å². The van der Waals surface area contributed by atoms with Crippen LogP contribution in [-0.2, 0) is 4.79 Å². The zero-order valence-corrected chi connectivity index (χ0v) is 6.90. The first-order chi connectivity index (χ1) is 4.84. The summed E-state index contributed by atoms with van der Waals surface area (Å²) in [5.41, 5.74) is 0. The molecule has 1 rings (SSSR count). The smallest absolute Gasteiger partial charge is 0.226 e. The van der Waals surface area contributed by atoms with Gasteiger partial charge in [0.1, 0.15) is 0 Å². The van der Waals surface area contributed by atoms with Gasteiger partial charge in [-0.3, -0.25) is 4.79 Å². The van der Waals surface area contributed by atoms with Gasteiger partial charge in [0.05, 0.1) is 0 Å².